The SMILES string of the molecule is C[C@H](NC1CC1)C1CC1. The van der Waals surface area contributed by atoms with Gasteiger partial charge in [0, 0.05) is 12.1 Å². The second-order valence-electron chi connectivity index (χ2n) is 3.57. The minimum atomic E-state index is 0.817. The summed E-state index contributed by atoms with van der Waals surface area (Å²) in [5.74, 6) is 1.03. The number of rotatable bonds is 3. The van der Waals surface area contributed by atoms with Crippen LogP contribution < -0.4 is 5.32 Å². The summed E-state index contributed by atoms with van der Waals surface area (Å²) in [5, 5.41) is 3.62. The van der Waals surface area contributed by atoms with E-state index in [4.69, 9.17) is 0 Å². The molecular weight excluding hydrogens is 110 g/mol. The van der Waals surface area contributed by atoms with Gasteiger partial charge in [-0.1, -0.05) is 0 Å². The Kier molecular flexibility index (Phi) is 1.26. The van der Waals surface area contributed by atoms with Crippen molar-refractivity contribution in [3.8, 4) is 0 Å². The van der Waals surface area contributed by atoms with Gasteiger partial charge in [-0.15, -0.1) is 0 Å². The van der Waals surface area contributed by atoms with Crippen LogP contribution in [0.4, 0.5) is 0 Å². The highest BCUT2D eigenvalue weighted by Gasteiger charge is 2.31. The number of hydrogen-bond acceptors (Lipinski definition) is 1. The fourth-order valence-electron chi connectivity index (χ4n) is 1.35. The van der Waals surface area contributed by atoms with Gasteiger partial charge in [0.05, 0.1) is 0 Å². The molecule has 1 N–H and O–H groups in total. The van der Waals surface area contributed by atoms with E-state index >= 15 is 0 Å². The van der Waals surface area contributed by atoms with Gasteiger partial charge in [0.1, 0.15) is 0 Å². The molecule has 0 aromatic heterocycles. The molecule has 0 aliphatic heterocycles. The Morgan fingerprint density at radius 1 is 1.22 bits per heavy atom. The largest absolute Gasteiger partial charge is 0.311 e. The highest BCUT2D eigenvalue weighted by atomic mass is 15.0. The lowest BCUT2D eigenvalue weighted by molar-refractivity contribution is 0.494. The van der Waals surface area contributed by atoms with Crippen molar-refractivity contribution in [2.75, 3.05) is 0 Å². The van der Waals surface area contributed by atoms with Crippen LogP contribution in [0, 0.1) is 5.92 Å². The van der Waals surface area contributed by atoms with Gasteiger partial charge in [-0.05, 0) is 38.5 Å². The standard InChI is InChI=1S/C8H15N/c1-6(7-2-3-7)9-8-4-5-8/h6-9H,2-5H2,1H3/t6-/m0/s1. The normalized spacial score (nSPS) is 30.3. The summed E-state index contributed by atoms with van der Waals surface area (Å²) < 4.78 is 0. The molecule has 1 nitrogen and oxygen atoms in total. The molecule has 0 saturated heterocycles. The minimum absolute atomic E-state index is 0.817. The van der Waals surface area contributed by atoms with Crippen LogP contribution in [0.2, 0.25) is 0 Å². The van der Waals surface area contributed by atoms with Crippen molar-refractivity contribution >= 4 is 0 Å². The van der Waals surface area contributed by atoms with Gasteiger partial charge in [0.15, 0.2) is 0 Å². The van der Waals surface area contributed by atoms with Crippen LogP contribution in [0.5, 0.6) is 0 Å². The van der Waals surface area contributed by atoms with Crippen LogP contribution in [0.1, 0.15) is 32.6 Å². The third kappa shape index (κ3) is 1.45. The van der Waals surface area contributed by atoms with Crippen molar-refractivity contribution in [2.45, 2.75) is 44.7 Å². The first-order valence-electron chi connectivity index (χ1n) is 4.12. The Hall–Kier alpha value is -0.0400. The van der Waals surface area contributed by atoms with E-state index in [0.29, 0.717) is 0 Å². The maximum atomic E-state index is 3.62. The Labute approximate surface area is 56.8 Å². The van der Waals surface area contributed by atoms with Crippen molar-refractivity contribution in [2.24, 2.45) is 5.92 Å². The van der Waals surface area contributed by atoms with Crippen LogP contribution in [0.25, 0.3) is 0 Å². The Bertz CT molecular complexity index is 103. The molecule has 2 aliphatic carbocycles. The zero-order chi connectivity index (χ0) is 6.27. The predicted molar refractivity (Wildman–Crippen MR) is 38.3 cm³/mol. The first-order chi connectivity index (χ1) is 4.36. The third-order valence-electron chi connectivity index (χ3n) is 2.41. The van der Waals surface area contributed by atoms with Crippen molar-refractivity contribution in [3.63, 3.8) is 0 Å². The second-order valence-corrected chi connectivity index (χ2v) is 3.57. The molecule has 0 heterocycles. The third-order valence-corrected chi connectivity index (χ3v) is 2.41. The van der Waals surface area contributed by atoms with Crippen LogP contribution in [-0.4, -0.2) is 12.1 Å². The molecule has 0 unspecified atom stereocenters. The molecule has 1 heteroatoms. The van der Waals surface area contributed by atoms with Crippen molar-refractivity contribution < 1.29 is 0 Å². The summed E-state index contributed by atoms with van der Waals surface area (Å²) in [6.45, 7) is 2.33. The molecular formula is C8H15N. The zero-order valence-corrected chi connectivity index (χ0v) is 6.06. The van der Waals surface area contributed by atoms with E-state index in [1.54, 1.807) is 0 Å². The topological polar surface area (TPSA) is 12.0 Å². The Morgan fingerprint density at radius 3 is 2.33 bits per heavy atom. The summed E-state index contributed by atoms with van der Waals surface area (Å²) >= 11 is 0. The van der Waals surface area contributed by atoms with Gasteiger partial charge in [-0.25, -0.2) is 0 Å². The van der Waals surface area contributed by atoms with Gasteiger partial charge in [-0.2, -0.15) is 0 Å². The molecule has 0 spiro atoms. The molecule has 0 aromatic carbocycles. The zero-order valence-electron chi connectivity index (χ0n) is 6.06. The van der Waals surface area contributed by atoms with E-state index in [2.05, 4.69) is 12.2 Å². The first kappa shape index (κ1) is 5.72. The maximum Gasteiger partial charge on any atom is 0.00708 e. The average Bonchev–Trinajstić information content (AvgIpc) is 2.62. The molecule has 2 saturated carbocycles. The molecule has 2 aliphatic rings. The van der Waals surface area contributed by atoms with Crippen LogP contribution in [0.3, 0.4) is 0 Å². The van der Waals surface area contributed by atoms with Gasteiger partial charge in [-0.3, -0.25) is 0 Å². The van der Waals surface area contributed by atoms with Crippen molar-refractivity contribution in [1.82, 2.24) is 5.32 Å². The first-order valence-corrected chi connectivity index (χ1v) is 4.12. The average molecular weight is 125 g/mol. The molecule has 2 rings (SSSR count). The van der Waals surface area contributed by atoms with Gasteiger partial charge in [0.25, 0.3) is 0 Å². The second kappa shape index (κ2) is 1.98. The number of nitrogens with one attached hydrogen (secondary N) is 1. The van der Waals surface area contributed by atoms with Gasteiger partial charge < -0.3 is 5.32 Å². The summed E-state index contributed by atoms with van der Waals surface area (Å²) in [6.07, 6.45) is 5.80. The van der Waals surface area contributed by atoms with Gasteiger partial charge in [0.2, 0.25) is 0 Å². The van der Waals surface area contributed by atoms with Crippen LogP contribution in [0.15, 0.2) is 0 Å². The minimum Gasteiger partial charge on any atom is -0.311 e. The maximum absolute atomic E-state index is 3.62. The predicted octanol–water partition coefficient (Wildman–Crippen LogP) is 1.54. The van der Waals surface area contributed by atoms with E-state index < -0.39 is 0 Å². The highest BCUT2D eigenvalue weighted by molar-refractivity contribution is 4.90. The molecule has 0 amide bonds. The lowest BCUT2D eigenvalue weighted by atomic mass is 10.2. The van der Waals surface area contributed by atoms with E-state index in [9.17, 15) is 0 Å². The lowest BCUT2D eigenvalue weighted by Crippen LogP contribution is -2.29. The highest BCUT2D eigenvalue weighted by Crippen LogP contribution is 2.34. The van der Waals surface area contributed by atoms with E-state index in [1.165, 1.54) is 25.7 Å². The van der Waals surface area contributed by atoms with Gasteiger partial charge >= 0.3 is 0 Å². The molecule has 2 fully saturated rings. The van der Waals surface area contributed by atoms with Crippen LogP contribution in [-0.2, 0) is 0 Å². The fourth-order valence-corrected chi connectivity index (χ4v) is 1.35. The van der Waals surface area contributed by atoms with E-state index in [-0.39, 0.29) is 0 Å². The van der Waals surface area contributed by atoms with E-state index in [1.807, 2.05) is 0 Å². The summed E-state index contributed by atoms with van der Waals surface area (Å²) in [6, 6.07) is 1.72. The summed E-state index contributed by atoms with van der Waals surface area (Å²) in [4.78, 5) is 0. The van der Waals surface area contributed by atoms with E-state index in [0.717, 1.165) is 18.0 Å². The lowest BCUT2D eigenvalue weighted by Gasteiger charge is -2.10. The van der Waals surface area contributed by atoms with Crippen LogP contribution >= 0.6 is 0 Å². The Morgan fingerprint density at radius 2 is 1.89 bits per heavy atom. The Balaban J connectivity index is 1.69. The molecule has 1 atom stereocenters. The molecule has 52 valence electrons. The summed E-state index contributed by atoms with van der Waals surface area (Å²) in [7, 11) is 0. The monoisotopic (exact) mass is 125 g/mol. The molecule has 0 aromatic rings. The molecule has 0 radical (unpaired) electrons. The van der Waals surface area contributed by atoms with Crippen molar-refractivity contribution in [3.05, 3.63) is 0 Å². The smallest absolute Gasteiger partial charge is 0.00708 e. The molecule has 0 bridgehead atoms. The fraction of sp³-hybridized carbons (Fsp3) is 1.00. The quantitative estimate of drug-likeness (QED) is 0.603. The summed E-state index contributed by atoms with van der Waals surface area (Å²) in [5.41, 5.74) is 0. The molecule has 9 heavy (non-hydrogen) atoms. The number of hydrogen-bond donors (Lipinski definition) is 1. The van der Waals surface area contributed by atoms with Crippen molar-refractivity contribution in [1.29, 1.82) is 0 Å².